The SMILES string of the molecule is COc1cc(C=Nn2cc(C)nc2N)ccc1OCc1ccccc1C#N. The normalized spacial score (nSPS) is 10.7. The minimum absolute atomic E-state index is 0.276. The van der Waals surface area contributed by atoms with Gasteiger partial charge in [-0.2, -0.15) is 10.4 Å². The molecule has 0 aliphatic heterocycles. The molecular weight excluding hydrogens is 342 g/mol. The molecule has 0 spiro atoms. The zero-order valence-corrected chi connectivity index (χ0v) is 15.1. The number of rotatable bonds is 6. The maximum atomic E-state index is 9.17. The molecule has 0 unspecified atom stereocenters. The van der Waals surface area contributed by atoms with Crippen molar-refractivity contribution in [3.8, 4) is 17.6 Å². The second-order valence-corrected chi connectivity index (χ2v) is 5.80. The Labute approximate surface area is 157 Å². The maximum absolute atomic E-state index is 9.17. The fourth-order valence-corrected chi connectivity index (χ4v) is 2.52. The predicted octanol–water partition coefficient (Wildman–Crippen LogP) is 3.12. The lowest BCUT2D eigenvalue weighted by atomic mass is 10.1. The van der Waals surface area contributed by atoms with Gasteiger partial charge in [0.05, 0.1) is 36.8 Å². The first-order valence-electron chi connectivity index (χ1n) is 8.25. The second-order valence-electron chi connectivity index (χ2n) is 5.80. The first-order chi connectivity index (χ1) is 13.1. The van der Waals surface area contributed by atoms with E-state index < -0.39 is 0 Å². The number of anilines is 1. The summed E-state index contributed by atoms with van der Waals surface area (Å²) in [6.07, 6.45) is 3.40. The highest BCUT2D eigenvalue weighted by molar-refractivity contribution is 5.81. The first-order valence-corrected chi connectivity index (χ1v) is 8.25. The Balaban J connectivity index is 1.76. The lowest BCUT2D eigenvalue weighted by Crippen LogP contribution is -2.00. The summed E-state index contributed by atoms with van der Waals surface area (Å²) in [5.41, 5.74) is 8.80. The van der Waals surface area contributed by atoms with E-state index in [4.69, 9.17) is 20.5 Å². The third-order valence-electron chi connectivity index (χ3n) is 3.87. The Morgan fingerprint density at radius 3 is 2.78 bits per heavy atom. The summed E-state index contributed by atoms with van der Waals surface area (Å²) >= 11 is 0. The zero-order valence-electron chi connectivity index (χ0n) is 15.1. The molecule has 1 aromatic heterocycles. The summed E-state index contributed by atoms with van der Waals surface area (Å²) in [4.78, 5) is 4.10. The summed E-state index contributed by atoms with van der Waals surface area (Å²) in [5, 5.41) is 13.5. The molecule has 136 valence electrons. The number of ether oxygens (including phenoxy) is 2. The molecule has 0 bridgehead atoms. The van der Waals surface area contributed by atoms with E-state index in [1.54, 1.807) is 31.7 Å². The van der Waals surface area contributed by atoms with Crippen LogP contribution in [0.3, 0.4) is 0 Å². The van der Waals surface area contributed by atoms with Crippen molar-refractivity contribution < 1.29 is 9.47 Å². The number of nitrogens with zero attached hydrogens (tertiary/aromatic N) is 4. The van der Waals surface area contributed by atoms with Gasteiger partial charge in [-0.05, 0) is 36.8 Å². The number of nitriles is 1. The van der Waals surface area contributed by atoms with Crippen molar-refractivity contribution >= 4 is 12.2 Å². The van der Waals surface area contributed by atoms with Crippen LogP contribution in [0.1, 0.15) is 22.4 Å². The van der Waals surface area contributed by atoms with Crippen molar-refractivity contribution in [2.75, 3.05) is 12.8 Å². The van der Waals surface area contributed by atoms with Crippen molar-refractivity contribution in [2.24, 2.45) is 5.10 Å². The van der Waals surface area contributed by atoms with Gasteiger partial charge in [0, 0.05) is 5.56 Å². The molecule has 0 saturated carbocycles. The van der Waals surface area contributed by atoms with Gasteiger partial charge >= 0.3 is 0 Å². The molecule has 1 heterocycles. The van der Waals surface area contributed by atoms with E-state index >= 15 is 0 Å². The second kappa shape index (κ2) is 8.06. The monoisotopic (exact) mass is 361 g/mol. The fraction of sp³-hybridized carbons (Fsp3) is 0.150. The minimum atomic E-state index is 0.276. The Morgan fingerprint density at radius 2 is 2.07 bits per heavy atom. The lowest BCUT2D eigenvalue weighted by molar-refractivity contribution is 0.284. The van der Waals surface area contributed by atoms with E-state index in [0.717, 1.165) is 16.8 Å². The molecular formula is C20H19N5O2. The molecule has 0 saturated heterocycles. The molecule has 2 aromatic carbocycles. The van der Waals surface area contributed by atoms with Gasteiger partial charge in [-0.1, -0.05) is 18.2 Å². The molecule has 0 fully saturated rings. The Hall–Kier alpha value is -3.79. The highest BCUT2D eigenvalue weighted by atomic mass is 16.5. The standard InChI is InChI=1S/C20H19N5O2/c1-14-12-25(20(22)24-14)23-11-15-7-8-18(19(9-15)26-2)27-13-17-6-4-3-5-16(17)10-21/h3-9,11-12H,13H2,1-2H3,(H2,22,24). The van der Waals surface area contributed by atoms with E-state index in [1.165, 1.54) is 4.68 Å². The lowest BCUT2D eigenvalue weighted by Gasteiger charge is -2.12. The highest BCUT2D eigenvalue weighted by Crippen LogP contribution is 2.28. The largest absolute Gasteiger partial charge is 0.493 e. The number of hydrogen-bond acceptors (Lipinski definition) is 6. The summed E-state index contributed by atoms with van der Waals surface area (Å²) in [7, 11) is 1.57. The van der Waals surface area contributed by atoms with Gasteiger partial charge in [0.2, 0.25) is 5.95 Å². The molecule has 0 atom stereocenters. The number of imidazole rings is 1. The summed E-state index contributed by atoms with van der Waals surface area (Å²) in [6.45, 7) is 2.13. The van der Waals surface area contributed by atoms with Gasteiger partial charge in [-0.3, -0.25) is 0 Å². The maximum Gasteiger partial charge on any atom is 0.221 e. The smallest absolute Gasteiger partial charge is 0.221 e. The number of aromatic nitrogens is 2. The molecule has 7 heteroatoms. The van der Waals surface area contributed by atoms with E-state index in [9.17, 15) is 0 Å². The van der Waals surface area contributed by atoms with Crippen LogP contribution in [0.4, 0.5) is 5.95 Å². The van der Waals surface area contributed by atoms with Crippen LogP contribution >= 0.6 is 0 Å². The molecule has 7 nitrogen and oxygen atoms in total. The number of methoxy groups -OCH3 is 1. The molecule has 0 aliphatic carbocycles. The van der Waals surface area contributed by atoms with Crippen molar-refractivity contribution in [3.05, 3.63) is 71.0 Å². The van der Waals surface area contributed by atoms with Gasteiger partial charge in [-0.15, -0.1) is 0 Å². The van der Waals surface area contributed by atoms with Crippen molar-refractivity contribution in [3.63, 3.8) is 0 Å². The van der Waals surface area contributed by atoms with E-state index in [2.05, 4.69) is 16.2 Å². The van der Waals surface area contributed by atoms with Crippen molar-refractivity contribution in [1.82, 2.24) is 9.66 Å². The predicted molar refractivity (Wildman–Crippen MR) is 103 cm³/mol. The fourth-order valence-electron chi connectivity index (χ4n) is 2.52. The molecule has 0 radical (unpaired) electrons. The number of benzene rings is 2. The zero-order chi connectivity index (χ0) is 19.2. The van der Waals surface area contributed by atoms with Gasteiger partial charge in [0.15, 0.2) is 11.5 Å². The average molecular weight is 361 g/mol. The third kappa shape index (κ3) is 4.25. The quantitative estimate of drug-likeness (QED) is 0.680. The van der Waals surface area contributed by atoms with Crippen LogP contribution in [0.5, 0.6) is 11.5 Å². The molecule has 0 aliphatic rings. The topological polar surface area (TPSA) is 98.4 Å². The van der Waals surface area contributed by atoms with Crippen LogP contribution in [0.2, 0.25) is 0 Å². The van der Waals surface area contributed by atoms with Crippen LogP contribution in [-0.4, -0.2) is 23.0 Å². The number of nitrogen functional groups attached to an aromatic ring is 1. The van der Waals surface area contributed by atoms with Gasteiger partial charge in [0.1, 0.15) is 6.61 Å². The minimum Gasteiger partial charge on any atom is -0.493 e. The average Bonchev–Trinajstić information content (AvgIpc) is 3.02. The van der Waals surface area contributed by atoms with Crippen LogP contribution in [0.25, 0.3) is 0 Å². The highest BCUT2D eigenvalue weighted by Gasteiger charge is 2.08. The van der Waals surface area contributed by atoms with Gasteiger partial charge in [-0.25, -0.2) is 9.66 Å². The van der Waals surface area contributed by atoms with Crippen LogP contribution < -0.4 is 15.2 Å². The van der Waals surface area contributed by atoms with E-state index in [-0.39, 0.29) is 6.61 Å². The summed E-state index contributed by atoms with van der Waals surface area (Å²) in [5.74, 6) is 1.48. The Morgan fingerprint density at radius 1 is 1.26 bits per heavy atom. The van der Waals surface area contributed by atoms with E-state index in [1.807, 2.05) is 37.3 Å². The number of nitrogens with two attached hydrogens (primary N) is 1. The molecule has 2 N–H and O–H groups in total. The molecule has 3 rings (SSSR count). The van der Waals surface area contributed by atoms with Crippen LogP contribution in [-0.2, 0) is 6.61 Å². The van der Waals surface area contributed by atoms with Gasteiger partial charge < -0.3 is 15.2 Å². The molecule has 3 aromatic rings. The summed E-state index contributed by atoms with van der Waals surface area (Å²) < 4.78 is 12.8. The van der Waals surface area contributed by atoms with Crippen molar-refractivity contribution in [1.29, 1.82) is 5.26 Å². The van der Waals surface area contributed by atoms with Gasteiger partial charge in [0.25, 0.3) is 0 Å². The van der Waals surface area contributed by atoms with Crippen LogP contribution in [0.15, 0.2) is 53.8 Å². The van der Waals surface area contributed by atoms with Crippen LogP contribution in [0, 0.1) is 18.3 Å². The summed E-state index contributed by atoms with van der Waals surface area (Å²) in [6, 6.07) is 15.0. The molecule has 0 amide bonds. The molecule has 27 heavy (non-hydrogen) atoms. The van der Waals surface area contributed by atoms with E-state index in [0.29, 0.717) is 23.0 Å². The number of hydrogen-bond donors (Lipinski definition) is 1. The Kier molecular flexibility index (Phi) is 5.38. The Bertz CT molecular complexity index is 1020. The van der Waals surface area contributed by atoms with Crippen molar-refractivity contribution in [2.45, 2.75) is 13.5 Å². The first kappa shape index (κ1) is 18.0. The number of aryl methyl sites for hydroxylation is 1. The third-order valence-corrected chi connectivity index (χ3v) is 3.87.